The van der Waals surface area contributed by atoms with Crippen molar-refractivity contribution >= 4 is 10.2 Å². The van der Waals surface area contributed by atoms with Crippen LogP contribution >= 0.6 is 0 Å². The average Bonchev–Trinajstić information content (AvgIpc) is 2.11. The van der Waals surface area contributed by atoms with Gasteiger partial charge in [-0.3, -0.25) is 0 Å². The second-order valence-corrected chi connectivity index (χ2v) is 2.88. The second kappa shape index (κ2) is 2.29. The number of halogens is 3. The van der Waals surface area contributed by atoms with Crippen LogP contribution in [0.5, 0.6) is 0 Å². The molecule has 0 atom stereocenters. The Balaban J connectivity index is 2.77. The summed E-state index contributed by atoms with van der Waals surface area (Å²) >= 11 is 0. The van der Waals surface area contributed by atoms with E-state index in [9.17, 15) is 21.1 Å². The molecule has 0 unspecified atom stereocenters. The summed E-state index contributed by atoms with van der Waals surface area (Å²) in [7, 11) is -5.23. The highest BCUT2D eigenvalue weighted by Gasteiger charge is 2.38. The summed E-state index contributed by atoms with van der Waals surface area (Å²) in [6.07, 6.45) is 0. The van der Waals surface area contributed by atoms with E-state index in [0.717, 1.165) is 0 Å². The molecule has 0 aliphatic carbocycles. The van der Waals surface area contributed by atoms with E-state index in [1.54, 1.807) is 0 Å². The Morgan fingerprint density at radius 3 is 1.73 bits per heavy atom. The van der Waals surface area contributed by atoms with E-state index in [-0.39, 0.29) is 0 Å². The van der Waals surface area contributed by atoms with Gasteiger partial charge in [-0.15, -0.1) is 0 Å². The Morgan fingerprint density at radius 2 is 1.55 bits per heavy atom. The van der Waals surface area contributed by atoms with E-state index < -0.39 is 27.9 Å². The molecule has 1 aliphatic rings. The molecule has 1 aliphatic heterocycles. The summed E-state index contributed by atoms with van der Waals surface area (Å²) in [5.74, 6) is 0. The van der Waals surface area contributed by atoms with E-state index >= 15 is 0 Å². The third-order valence-electron chi connectivity index (χ3n) is 0.784. The summed E-state index contributed by atoms with van der Waals surface area (Å²) in [4.78, 5) is 0. The Bertz CT molecular complexity index is 280. The molecule has 8 heteroatoms. The zero-order valence-corrected chi connectivity index (χ0v) is 5.57. The number of hydrogen-bond donors (Lipinski definition) is 0. The van der Waals surface area contributed by atoms with Crippen LogP contribution in [0.4, 0.5) is 12.7 Å². The van der Waals surface area contributed by atoms with Crippen molar-refractivity contribution in [1.82, 2.24) is 0 Å². The molecule has 0 saturated heterocycles. The molecule has 0 saturated carbocycles. The zero-order chi connectivity index (χ0) is 8.65. The third kappa shape index (κ3) is 1.56. The van der Waals surface area contributed by atoms with E-state index in [2.05, 4.69) is 9.47 Å². The number of hydrogen-bond acceptors (Lipinski definition) is 4. The highest BCUT2D eigenvalue weighted by Crippen LogP contribution is 2.27. The first-order valence-corrected chi connectivity index (χ1v) is 3.68. The van der Waals surface area contributed by atoms with Crippen LogP contribution in [0.25, 0.3) is 0 Å². The Morgan fingerprint density at radius 1 is 1.18 bits per heavy atom. The van der Waals surface area contributed by atoms with Crippen LogP contribution in [0, 0.1) is 0 Å². The van der Waals surface area contributed by atoms with Crippen molar-refractivity contribution in [2.24, 2.45) is 0 Å². The Hall–Kier alpha value is -0.920. The van der Waals surface area contributed by atoms with Crippen molar-refractivity contribution in [2.75, 3.05) is 0 Å². The van der Waals surface area contributed by atoms with Crippen molar-refractivity contribution in [3.8, 4) is 0 Å². The van der Waals surface area contributed by atoms with Gasteiger partial charge in [-0.1, -0.05) is 3.89 Å². The van der Waals surface area contributed by atoms with Crippen LogP contribution in [0.15, 0.2) is 12.0 Å². The average molecular weight is 190 g/mol. The Labute approximate surface area is 59.4 Å². The predicted octanol–water partition coefficient (Wildman–Crippen LogP) is 0.682. The molecule has 0 spiro atoms. The van der Waals surface area contributed by atoms with Crippen LogP contribution < -0.4 is 0 Å². The molecule has 0 N–H and O–H groups in total. The molecule has 1 rings (SSSR count). The van der Waals surface area contributed by atoms with Gasteiger partial charge in [0, 0.05) is 0 Å². The fraction of sp³-hybridized carbons (Fsp3) is 0.333. The molecule has 0 bridgehead atoms. The summed E-state index contributed by atoms with van der Waals surface area (Å²) in [6, 6.07) is -3.76. The lowest BCUT2D eigenvalue weighted by Crippen LogP contribution is -2.17. The van der Waals surface area contributed by atoms with Gasteiger partial charge >= 0.3 is 27.9 Å². The number of rotatable bonds is 1. The lowest BCUT2D eigenvalue weighted by atomic mass is 11.0. The largest absolute Gasteiger partial charge is 0.410 e. The molecule has 0 aromatic rings. The smallest absolute Gasteiger partial charge is 0.380 e. The van der Waals surface area contributed by atoms with Gasteiger partial charge in [0.1, 0.15) is 0 Å². The highest BCUT2D eigenvalue weighted by molar-refractivity contribution is 7.86. The predicted molar refractivity (Wildman–Crippen MR) is 25.2 cm³/mol. The minimum absolute atomic E-state index is 1.88. The minimum atomic E-state index is -5.23. The minimum Gasteiger partial charge on any atom is -0.410 e. The highest BCUT2D eigenvalue weighted by atomic mass is 32.3. The fourth-order valence-corrected chi connectivity index (χ4v) is 0.799. The van der Waals surface area contributed by atoms with Crippen LogP contribution in [0.3, 0.4) is 0 Å². The molecule has 0 radical (unpaired) electrons. The van der Waals surface area contributed by atoms with E-state index in [0.29, 0.717) is 0 Å². The van der Waals surface area contributed by atoms with Crippen molar-refractivity contribution < 1.29 is 30.6 Å². The fourth-order valence-electron chi connectivity index (χ4n) is 0.401. The van der Waals surface area contributed by atoms with Gasteiger partial charge in [0.2, 0.25) is 0 Å². The standard InChI is InChI=1S/C3HF3O4S/c4-1-2(5)10-3(9-1)11(6,7)8/h3H. The maximum atomic E-state index is 11.8. The Kier molecular flexibility index (Phi) is 1.70. The molecule has 0 aromatic carbocycles. The molecule has 1 heterocycles. The van der Waals surface area contributed by atoms with Crippen molar-refractivity contribution in [3.05, 3.63) is 12.0 Å². The van der Waals surface area contributed by atoms with Gasteiger partial charge in [0.05, 0.1) is 0 Å². The van der Waals surface area contributed by atoms with Crippen molar-refractivity contribution in [2.45, 2.75) is 5.62 Å². The third-order valence-corrected chi connectivity index (χ3v) is 1.44. The zero-order valence-electron chi connectivity index (χ0n) is 4.75. The van der Waals surface area contributed by atoms with Crippen LogP contribution in [0.1, 0.15) is 0 Å². The van der Waals surface area contributed by atoms with Crippen LogP contribution in [-0.2, 0) is 19.7 Å². The molecule has 11 heavy (non-hydrogen) atoms. The van der Waals surface area contributed by atoms with Gasteiger partial charge in [-0.2, -0.15) is 17.2 Å². The molecular weight excluding hydrogens is 189 g/mol. The van der Waals surface area contributed by atoms with Crippen molar-refractivity contribution in [3.63, 3.8) is 0 Å². The van der Waals surface area contributed by atoms with Gasteiger partial charge in [0.15, 0.2) is 0 Å². The molecule has 0 fully saturated rings. The normalized spacial score (nSPS) is 19.9. The molecule has 0 amide bonds. The molecule has 64 valence electrons. The topological polar surface area (TPSA) is 52.6 Å². The summed E-state index contributed by atoms with van der Waals surface area (Å²) < 4.78 is 62.1. The van der Waals surface area contributed by atoms with E-state index in [4.69, 9.17) is 0 Å². The second-order valence-electron chi connectivity index (χ2n) is 1.55. The summed E-state index contributed by atoms with van der Waals surface area (Å²) in [5, 5.41) is 0. The summed E-state index contributed by atoms with van der Waals surface area (Å²) in [6.45, 7) is 0. The van der Waals surface area contributed by atoms with Gasteiger partial charge in [-0.25, -0.2) is 0 Å². The lowest BCUT2D eigenvalue weighted by Gasteiger charge is -2.02. The lowest BCUT2D eigenvalue weighted by molar-refractivity contribution is -0.00211. The monoisotopic (exact) mass is 190 g/mol. The molecule has 4 nitrogen and oxygen atoms in total. The van der Waals surface area contributed by atoms with Gasteiger partial charge < -0.3 is 9.47 Å². The van der Waals surface area contributed by atoms with E-state index in [1.807, 2.05) is 0 Å². The maximum absolute atomic E-state index is 11.8. The van der Waals surface area contributed by atoms with E-state index in [1.165, 1.54) is 0 Å². The van der Waals surface area contributed by atoms with Gasteiger partial charge in [0.25, 0.3) is 0 Å². The van der Waals surface area contributed by atoms with Crippen LogP contribution in [-0.4, -0.2) is 14.0 Å². The summed E-state index contributed by atoms with van der Waals surface area (Å²) in [5.41, 5.74) is -2.55. The van der Waals surface area contributed by atoms with Gasteiger partial charge in [-0.05, 0) is 0 Å². The first-order valence-electron chi connectivity index (χ1n) is 2.23. The first-order chi connectivity index (χ1) is 4.91. The molecular formula is C3HF3O4S. The SMILES string of the molecule is O=S(=O)(F)C1OC(F)=C(F)O1. The molecule has 0 aromatic heterocycles. The maximum Gasteiger partial charge on any atom is 0.380 e. The first kappa shape index (κ1) is 8.18. The quantitative estimate of drug-likeness (QED) is 0.570. The van der Waals surface area contributed by atoms with Crippen LogP contribution in [0.2, 0.25) is 0 Å². The number of ether oxygens (including phenoxy) is 2. The van der Waals surface area contributed by atoms with Crippen molar-refractivity contribution in [1.29, 1.82) is 0 Å².